The highest BCUT2D eigenvalue weighted by atomic mass is 19.1. The van der Waals surface area contributed by atoms with Crippen molar-refractivity contribution in [3.8, 4) is 5.75 Å². The normalized spacial score (nSPS) is 11.1. The number of phenols is 1. The lowest BCUT2D eigenvalue weighted by Crippen LogP contribution is -2.06. The van der Waals surface area contributed by atoms with Gasteiger partial charge in [-0.2, -0.15) is 0 Å². The average Bonchev–Trinajstić information content (AvgIpc) is 2.46. The molecule has 0 saturated carbocycles. The summed E-state index contributed by atoms with van der Waals surface area (Å²) in [5, 5.41) is 10.4. The van der Waals surface area contributed by atoms with Crippen molar-refractivity contribution in [2.45, 2.75) is 13.3 Å². The van der Waals surface area contributed by atoms with Crippen molar-refractivity contribution >= 4 is 21.9 Å². The lowest BCUT2D eigenvalue weighted by Gasteiger charge is -2.10. The van der Waals surface area contributed by atoms with Gasteiger partial charge < -0.3 is 9.52 Å². The third-order valence-electron chi connectivity index (χ3n) is 3.59. The fraction of sp³-hybridized carbons (Fsp3) is 0.118. The molecular formula is C17H13FO3. The first kappa shape index (κ1) is 13.4. The zero-order valence-corrected chi connectivity index (χ0v) is 11.4. The Bertz CT molecular complexity index is 938. The van der Waals surface area contributed by atoms with Crippen molar-refractivity contribution < 1.29 is 13.9 Å². The van der Waals surface area contributed by atoms with E-state index in [1.54, 1.807) is 13.0 Å². The molecule has 0 unspecified atom stereocenters. The fourth-order valence-electron chi connectivity index (χ4n) is 2.52. The number of phenolic OH excluding ortho intramolecular Hbond substituents is 1. The number of allylic oxidation sites excluding steroid dienone is 1. The number of hydrogen-bond acceptors (Lipinski definition) is 3. The standard InChI is InChI=1S/C17H13FO3/c1-3-5-10-8-11-16(20)14-12(18)6-4-7-13(14)21-17(11)9(2)15(10)19/h3-4,6-8,19H,1,5H2,2H3. The second-order valence-electron chi connectivity index (χ2n) is 4.92. The highest BCUT2D eigenvalue weighted by Crippen LogP contribution is 2.32. The molecule has 1 N–H and O–H groups in total. The van der Waals surface area contributed by atoms with Crippen LogP contribution in [0.2, 0.25) is 0 Å². The van der Waals surface area contributed by atoms with E-state index in [1.807, 2.05) is 0 Å². The average molecular weight is 284 g/mol. The van der Waals surface area contributed by atoms with Crippen molar-refractivity contribution in [3.05, 3.63) is 64.1 Å². The summed E-state index contributed by atoms with van der Waals surface area (Å²) in [7, 11) is 0. The van der Waals surface area contributed by atoms with Gasteiger partial charge in [-0.3, -0.25) is 4.79 Å². The quantitative estimate of drug-likeness (QED) is 0.575. The van der Waals surface area contributed by atoms with Gasteiger partial charge in [0.2, 0.25) is 5.43 Å². The smallest absolute Gasteiger partial charge is 0.203 e. The summed E-state index contributed by atoms with van der Waals surface area (Å²) < 4.78 is 19.5. The van der Waals surface area contributed by atoms with Gasteiger partial charge in [0.05, 0.1) is 5.39 Å². The van der Waals surface area contributed by atoms with Gasteiger partial charge in [-0.25, -0.2) is 4.39 Å². The molecule has 0 aliphatic heterocycles. The van der Waals surface area contributed by atoms with Crippen molar-refractivity contribution in [2.75, 3.05) is 0 Å². The third-order valence-corrected chi connectivity index (χ3v) is 3.59. The number of aromatic hydroxyl groups is 1. The van der Waals surface area contributed by atoms with E-state index in [1.165, 1.54) is 24.3 Å². The highest BCUT2D eigenvalue weighted by molar-refractivity contribution is 5.92. The third kappa shape index (κ3) is 1.91. The van der Waals surface area contributed by atoms with Crippen LogP contribution in [0.15, 0.2) is 46.1 Å². The van der Waals surface area contributed by atoms with Gasteiger partial charge >= 0.3 is 0 Å². The number of hydrogen-bond donors (Lipinski definition) is 1. The summed E-state index contributed by atoms with van der Waals surface area (Å²) in [5.41, 5.74) is 1.05. The van der Waals surface area contributed by atoms with E-state index in [-0.39, 0.29) is 27.7 Å². The summed E-state index contributed by atoms with van der Waals surface area (Å²) in [6.07, 6.45) is 2.04. The van der Waals surface area contributed by atoms with Gasteiger partial charge in [0.25, 0.3) is 0 Å². The van der Waals surface area contributed by atoms with Crippen LogP contribution in [-0.2, 0) is 6.42 Å². The molecule has 1 aromatic heterocycles. The Morgan fingerprint density at radius 2 is 2.19 bits per heavy atom. The maximum atomic E-state index is 13.9. The molecule has 0 radical (unpaired) electrons. The van der Waals surface area contributed by atoms with Crippen LogP contribution in [0, 0.1) is 12.7 Å². The predicted molar refractivity (Wildman–Crippen MR) is 80.3 cm³/mol. The summed E-state index contributed by atoms with van der Waals surface area (Å²) in [6, 6.07) is 5.78. The topological polar surface area (TPSA) is 50.4 Å². The number of halogens is 1. The van der Waals surface area contributed by atoms with Crippen LogP contribution >= 0.6 is 0 Å². The minimum Gasteiger partial charge on any atom is -0.507 e. The lowest BCUT2D eigenvalue weighted by atomic mass is 10.0. The van der Waals surface area contributed by atoms with Gasteiger partial charge in [-0.15, -0.1) is 6.58 Å². The van der Waals surface area contributed by atoms with Crippen molar-refractivity contribution in [1.29, 1.82) is 0 Å². The molecule has 3 nitrogen and oxygen atoms in total. The molecule has 3 aromatic rings. The largest absolute Gasteiger partial charge is 0.507 e. The van der Waals surface area contributed by atoms with E-state index in [0.29, 0.717) is 17.5 Å². The van der Waals surface area contributed by atoms with Crippen LogP contribution in [0.4, 0.5) is 4.39 Å². The number of benzene rings is 2. The molecule has 2 aromatic carbocycles. The SMILES string of the molecule is C=CCc1cc2c(=O)c3c(F)cccc3oc2c(C)c1O. The monoisotopic (exact) mass is 284 g/mol. The van der Waals surface area contributed by atoms with Crippen LogP contribution in [-0.4, -0.2) is 5.11 Å². The minimum atomic E-state index is -0.612. The zero-order valence-electron chi connectivity index (χ0n) is 11.4. The molecular weight excluding hydrogens is 271 g/mol. The van der Waals surface area contributed by atoms with Crippen molar-refractivity contribution in [1.82, 2.24) is 0 Å². The van der Waals surface area contributed by atoms with Crippen LogP contribution in [0.3, 0.4) is 0 Å². The highest BCUT2D eigenvalue weighted by Gasteiger charge is 2.17. The molecule has 0 amide bonds. The molecule has 0 spiro atoms. The minimum absolute atomic E-state index is 0.0698. The number of aryl methyl sites for hydroxylation is 1. The van der Waals surface area contributed by atoms with Gasteiger partial charge in [0.1, 0.15) is 28.1 Å². The first-order valence-corrected chi connectivity index (χ1v) is 6.52. The number of fused-ring (bicyclic) bond motifs is 2. The molecule has 0 atom stereocenters. The molecule has 0 bridgehead atoms. The van der Waals surface area contributed by atoms with Crippen LogP contribution in [0.5, 0.6) is 5.75 Å². The summed E-state index contributed by atoms with van der Waals surface area (Å²) in [6.45, 7) is 5.29. The first-order chi connectivity index (χ1) is 10.0. The molecule has 1 heterocycles. The fourth-order valence-corrected chi connectivity index (χ4v) is 2.52. The molecule has 0 fully saturated rings. The molecule has 3 rings (SSSR count). The van der Waals surface area contributed by atoms with E-state index < -0.39 is 11.2 Å². The summed E-state index contributed by atoms with van der Waals surface area (Å²) in [5.74, 6) is -0.541. The second kappa shape index (κ2) is 4.74. The van der Waals surface area contributed by atoms with Gasteiger partial charge in [-0.1, -0.05) is 12.1 Å². The summed E-state index contributed by atoms with van der Waals surface area (Å²) >= 11 is 0. The van der Waals surface area contributed by atoms with Gasteiger partial charge in [-0.05, 0) is 37.1 Å². The Kier molecular flexibility index (Phi) is 3.01. The molecule has 106 valence electrons. The maximum absolute atomic E-state index is 13.9. The van der Waals surface area contributed by atoms with E-state index in [0.717, 1.165) is 0 Å². The molecule has 0 saturated heterocycles. The Balaban J connectivity index is 2.55. The number of rotatable bonds is 2. The Morgan fingerprint density at radius 1 is 1.43 bits per heavy atom. The zero-order chi connectivity index (χ0) is 15.1. The predicted octanol–water partition coefficient (Wildman–Crippen LogP) is 3.83. The van der Waals surface area contributed by atoms with Crippen LogP contribution in [0.1, 0.15) is 11.1 Å². The van der Waals surface area contributed by atoms with E-state index in [9.17, 15) is 14.3 Å². The van der Waals surface area contributed by atoms with Crippen LogP contribution < -0.4 is 5.43 Å². The van der Waals surface area contributed by atoms with Crippen LogP contribution in [0.25, 0.3) is 21.9 Å². The Hall–Kier alpha value is -2.62. The lowest BCUT2D eigenvalue weighted by molar-refractivity contribution is 0.464. The molecule has 4 heteroatoms. The molecule has 0 aliphatic carbocycles. The van der Waals surface area contributed by atoms with Crippen molar-refractivity contribution in [2.24, 2.45) is 0 Å². The Labute approximate surface area is 119 Å². The second-order valence-corrected chi connectivity index (χ2v) is 4.92. The Morgan fingerprint density at radius 3 is 2.90 bits per heavy atom. The van der Waals surface area contributed by atoms with E-state index >= 15 is 0 Å². The molecule has 0 aliphatic rings. The maximum Gasteiger partial charge on any atom is 0.203 e. The van der Waals surface area contributed by atoms with Crippen molar-refractivity contribution in [3.63, 3.8) is 0 Å². The van der Waals surface area contributed by atoms with Gasteiger partial charge in [0.15, 0.2) is 0 Å². The summed E-state index contributed by atoms with van der Waals surface area (Å²) in [4.78, 5) is 12.5. The van der Waals surface area contributed by atoms with E-state index in [2.05, 4.69) is 6.58 Å². The van der Waals surface area contributed by atoms with Gasteiger partial charge in [0, 0.05) is 5.56 Å². The van der Waals surface area contributed by atoms with E-state index in [4.69, 9.17) is 4.42 Å². The molecule has 21 heavy (non-hydrogen) atoms. The first-order valence-electron chi connectivity index (χ1n) is 6.52.